The molecular weight excluding hydrogens is 96.1 g/mol. The van der Waals surface area contributed by atoms with E-state index < -0.39 is 0 Å². The monoisotopic (exact) mass is 108 g/mol. The number of allylic oxidation sites excluding steroid dienone is 4. The lowest BCUT2D eigenvalue weighted by Gasteiger charge is -1.90. The Bertz CT molecular complexity index is 98.6. The van der Waals surface area contributed by atoms with Crippen LogP contribution in [-0.4, -0.2) is 0 Å². The quantitative estimate of drug-likeness (QED) is 0.385. The minimum Gasteiger partial charge on any atom is -0.102 e. The normalized spacial score (nSPS) is 13.6. The van der Waals surface area contributed by atoms with E-state index in [2.05, 4.69) is 20.1 Å². The van der Waals surface area contributed by atoms with E-state index in [1.54, 1.807) is 6.08 Å². The van der Waals surface area contributed by atoms with E-state index in [1.807, 2.05) is 18.2 Å². The smallest absolute Gasteiger partial charge is 0.00814 e. The van der Waals surface area contributed by atoms with E-state index in [9.17, 15) is 0 Å². The number of hydrogen-bond acceptors (Lipinski definition) is 0. The van der Waals surface area contributed by atoms with Gasteiger partial charge in [0.2, 0.25) is 0 Å². The van der Waals surface area contributed by atoms with E-state index in [-0.39, 0.29) is 0 Å². The van der Waals surface area contributed by atoms with Crippen molar-refractivity contribution >= 4 is 0 Å². The molecule has 0 aliphatic rings. The molecule has 0 unspecified atom stereocenters. The number of rotatable bonds is 3. The van der Waals surface area contributed by atoms with Crippen LogP contribution in [0.4, 0.5) is 0 Å². The molecule has 0 saturated carbocycles. The minimum atomic E-state index is 0.466. The molecular formula is C8H12. The van der Waals surface area contributed by atoms with Gasteiger partial charge in [-0.05, 0) is 5.92 Å². The van der Waals surface area contributed by atoms with Crippen LogP contribution in [0.25, 0.3) is 0 Å². The van der Waals surface area contributed by atoms with Gasteiger partial charge in [-0.2, -0.15) is 0 Å². The first-order valence-corrected chi connectivity index (χ1v) is 2.73. The van der Waals surface area contributed by atoms with Gasteiger partial charge in [-0.15, -0.1) is 6.58 Å². The van der Waals surface area contributed by atoms with Gasteiger partial charge in [-0.25, -0.2) is 0 Å². The van der Waals surface area contributed by atoms with Crippen molar-refractivity contribution in [3.63, 3.8) is 0 Å². The summed E-state index contributed by atoms with van der Waals surface area (Å²) < 4.78 is 0. The highest BCUT2D eigenvalue weighted by Gasteiger charge is 1.81. The minimum absolute atomic E-state index is 0.466. The van der Waals surface area contributed by atoms with E-state index in [0.29, 0.717) is 5.92 Å². The van der Waals surface area contributed by atoms with E-state index in [4.69, 9.17) is 0 Å². The van der Waals surface area contributed by atoms with Crippen molar-refractivity contribution in [1.29, 1.82) is 0 Å². The van der Waals surface area contributed by atoms with E-state index >= 15 is 0 Å². The van der Waals surface area contributed by atoms with Crippen molar-refractivity contribution in [3.8, 4) is 0 Å². The van der Waals surface area contributed by atoms with Crippen LogP contribution in [0.3, 0.4) is 0 Å². The van der Waals surface area contributed by atoms with Crippen molar-refractivity contribution in [2.75, 3.05) is 0 Å². The Balaban J connectivity index is 3.50. The van der Waals surface area contributed by atoms with Crippen LogP contribution in [0, 0.1) is 5.92 Å². The van der Waals surface area contributed by atoms with Gasteiger partial charge in [0, 0.05) is 0 Å². The lowest BCUT2D eigenvalue weighted by Crippen LogP contribution is -1.77. The van der Waals surface area contributed by atoms with Gasteiger partial charge in [0.25, 0.3) is 0 Å². The Labute approximate surface area is 51.2 Å². The first-order chi connectivity index (χ1) is 3.81. The maximum atomic E-state index is 3.63. The molecule has 1 atom stereocenters. The van der Waals surface area contributed by atoms with Gasteiger partial charge in [0.1, 0.15) is 0 Å². The van der Waals surface area contributed by atoms with Gasteiger partial charge in [0.05, 0.1) is 0 Å². The van der Waals surface area contributed by atoms with Crippen LogP contribution in [-0.2, 0) is 0 Å². The van der Waals surface area contributed by atoms with Crippen molar-refractivity contribution in [1.82, 2.24) is 0 Å². The lowest BCUT2D eigenvalue weighted by molar-refractivity contribution is 0.944. The predicted octanol–water partition coefficient (Wildman–Crippen LogP) is 2.55. The van der Waals surface area contributed by atoms with E-state index in [0.717, 1.165) is 0 Å². The molecule has 0 rings (SSSR count). The molecule has 0 fully saturated rings. The average molecular weight is 108 g/mol. The molecule has 0 spiro atoms. The molecule has 0 heterocycles. The Kier molecular flexibility index (Phi) is 3.95. The standard InChI is InChI=1S/C8H12/c1-4-6-7-8(3)5-2/h4-8H,1-2H2,3H3/b7-6+/t8-/m0/s1. The van der Waals surface area contributed by atoms with Crippen LogP contribution in [0.15, 0.2) is 37.5 Å². The molecule has 0 aromatic heterocycles. The van der Waals surface area contributed by atoms with Crippen molar-refractivity contribution in [2.24, 2.45) is 5.92 Å². The molecule has 0 heteroatoms. The molecule has 0 radical (unpaired) electrons. The fourth-order valence-corrected chi connectivity index (χ4v) is 0.332. The highest BCUT2D eigenvalue weighted by molar-refractivity contribution is 5.02. The molecule has 0 N–H and O–H groups in total. The average Bonchev–Trinajstić information content (AvgIpc) is 1.83. The Hall–Kier alpha value is -0.780. The van der Waals surface area contributed by atoms with Crippen LogP contribution in [0.5, 0.6) is 0 Å². The zero-order valence-corrected chi connectivity index (χ0v) is 5.30. The topological polar surface area (TPSA) is 0 Å². The summed E-state index contributed by atoms with van der Waals surface area (Å²) in [6.07, 6.45) is 7.62. The van der Waals surface area contributed by atoms with Crippen LogP contribution < -0.4 is 0 Å². The third kappa shape index (κ3) is 3.41. The Morgan fingerprint density at radius 2 is 2.00 bits per heavy atom. The highest BCUT2D eigenvalue weighted by Crippen LogP contribution is 1.95. The molecule has 0 nitrogen and oxygen atoms in total. The van der Waals surface area contributed by atoms with Gasteiger partial charge >= 0.3 is 0 Å². The van der Waals surface area contributed by atoms with Crippen molar-refractivity contribution < 1.29 is 0 Å². The third-order valence-electron chi connectivity index (χ3n) is 0.923. The highest BCUT2D eigenvalue weighted by atomic mass is 13.9. The van der Waals surface area contributed by atoms with Gasteiger partial charge in [-0.3, -0.25) is 0 Å². The maximum Gasteiger partial charge on any atom is -0.00814 e. The summed E-state index contributed by atoms with van der Waals surface area (Å²) in [5, 5.41) is 0. The fraction of sp³-hybridized carbons (Fsp3) is 0.250. The third-order valence-corrected chi connectivity index (χ3v) is 0.923. The lowest BCUT2D eigenvalue weighted by atomic mass is 10.2. The van der Waals surface area contributed by atoms with Gasteiger partial charge in [-0.1, -0.05) is 37.8 Å². The Morgan fingerprint density at radius 3 is 2.38 bits per heavy atom. The van der Waals surface area contributed by atoms with E-state index in [1.165, 1.54) is 0 Å². The Morgan fingerprint density at radius 1 is 1.38 bits per heavy atom. The summed E-state index contributed by atoms with van der Waals surface area (Å²) in [4.78, 5) is 0. The van der Waals surface area contributed by atoms with Crippen molar-refractivity contribution in [2.45, 2.75) is 6.92 Å². The molecule has 0 saturated heterocycles. The first-order valence-electron chi connectivity index (χ1n) is 2.73. The maximum absolute atomic E-state index is 3.63. The molecule has 0 bridgehead atoms. The summed E-state index contributed by atoms with van der Waals surface area (Å²) in [5.74, 6) is 0.466. The zero-order chi connectivity index (χ0) is 6.41. The molecule has 0 aliphatic carbocycles. The second-order valence-corrected chi connectivity index (χ2v) is 1.72. The van der Waals surface area contributed by atoms with Crippen LogP contribution in [0.1, 0.15) is 6.92 Å². The molecule has 0 aliphatic heterocycles. The summed E-state index contributed by atoms with van der Waals surface area (Å²) in [7, 11) is 0. The van der Waals surface area contributed by atoms with Gasteiger partial charge < -0.3 is 0 Å². The zero-order valence-electron chi connectivity index (χ0n) is 5.30. The summed E-state index contributed by atoms with van der Waals surface area (Å²) in [5.41, 5.74) is 0. The SMILES string of the molecule is C=C/C=C/[C@@H](C)C=C. The molecule has 0 aromatic rings. The largest absolute Gasteiger partial charge is 0.102 e. The first kappa shape index (κ1) is 7.22. The molecule has 8 heavy (non-hydrogen) atoms. The molecule has 0 amide bonds. The molecule has 0 aromatic carbocycles. The summed E-state index contributed by atoms with van der Waals surface area (Å²) >= 11 is 0. The fourth-order valence-electron chi connectivity index (χ4n) is 0.332. The van der Waals surface area contributed by atoms with Crippen LogP contribution in [0.2, 0.25) is 0 Å². The second-order valence-electron chi connectivity index (χ2n) is 1.72. The number of hydrogen-bond donors (Lipinski definition) is 0. The van der Waals surface area contributed by atoms with Crippen LogP contribution >= 0.6 is 0 Å². The molecule has 44 valence electrons. The summed E-state index contributed by atoms with van der Waals surface area (Å²) in [6.45, 7) is 9.25. The summed E-state index contributed by atoms with van der Waals surface area (Å²) in [6, 6.07) is 0. The van der Waals surface area contributed by atoms with Crippen molar-refractivity contribution in [3.05, 3.63) is 37.5 Å². The second kappa shape index (κ2) is 4.38. The predicted molar refractivity (Wildman–Crippen MR) is 38.7 cm³/mol. The van der Waals surface area contributed by atoms with Gasteiger partial charge in [0.15, 0.2) is 0 Å².